The van der Waals surface area contributed by atoms with Crippen LogP contribution in [0.1, 0.15) is 26.2 Å². The van der Waals surface area contributed by atoms with Gasteiger partial charge in [0.15, 0.2) is 11.2 Å². The average Bonchev–Trinajstić information content (AvgIpc) is 3.04. The van der Waals surface area contributed by atoms with Crippen LogP contribution >= 0.6 is 0 Å². The predicted octanol–water partition coefficient (Wildman–Crippen LogP) is 0.738. The maximum Gasteiger partial charge on any atom is 0.335 e. The van der Waals surface area contributed by atoms with Crippen LogP contribution in [0.2, 0.25) is 0 Å². The van der Waals surface area contributed by atoms with Gasteiger partial charge in [0.25, 0.3) is 5.56 Å². The summed E-state index contributed by atoms with van der Waals surface area (Å²) in [5, 5.41) is 0. The molecule has 0 spiro atoms. The standard InChI is InChI=1S/C18H26N4O5/c1-12(17(24)26-5)10-27-13(2)8-6-7-9-22-16(23)14-15(19-11-20(14)3)21(4)18(22)25/h11,13H,1,6-10H2,2-5H3/t13-/m1/s1. The second-order valence-electron chi connectivity index (χ2n) is 6.54. The number of aryl methyl sites for hydroxylation is 2. The summed E-state index contributed by atoms with van der Waals surface area (Å²) in [5.41, 5.74) is 0.368. The lowest BCUT2D eigenvalue weighted by Crippen LogP contribution is -2.39. The molecule has 0 aliphatic rings. The highest BCUT2D eigenvalue weighted by atomic mass is 16.5. The van der Waals surface area contributed by atoms with Gasteiger partial charge in [-0.1, -0.05) is 6.58 Å². The first-order valence-electron chi connectivity index (χ1n) is 8.76. The Hall–Kier alpha value is -2.68. The Balaban J connectivity index is 1.92. The van der Waals surface area contributed by atoms with Crippen molar-refractivity contribution in [2.24, 2.45) is 14.1 Å². The number of fused-ring (bicyclic) bond motifs is 1. The molecule has 0 fully saturated rings. The molecule has 148 valence electrons. The van der Waals surface area contributed by atoms with E-state index in [4.69, 9.17) is 4.74 Å². The fraction of sp³-hybridized carbons (Fsp3) is 0.556. The molecular formula is C18H26N4O5. The highest BCUT2D eigenvalue weighted by Gasteiger charge is 2.15. The normalized spacial score (nSPS) is 12.3. The van der Waals surface area contributed by atoms with Gasteiger partial charge in [0, 0.05) is 20.6 Å². The molecule has 0 amide bonds. The maximum absolute atomic E-state index is 12.6. The third kappa shape index (κ3) is 4.54. The molecule has 9 nitrogen and oxygen atoms in total. The Morgan fingerprint density at radius 3 is 2.67 bits per heavy atom. The number of aromatic nitrogens is 4. The second kappa shape index (κ2) is 8.81. The lowest BCUT2D eigenvalue weighted by molar-refractivity contribution is -0.136. The molecule has 0 aromatic carbocycles. The quantitative estimate of drug-likeness (QED) is 0.363. The van der Waals surface area contributed by atoms with E-state index in [0.717, 1.165) is 12.8 Å². The van der Waals surface area contributed by atoms with E-state index < -0.39 is 5.97 Å². The number of carbonyl (C=O) groups excluding carboxylic acids is 1. The van der Waals surface area contributed by atoms with Gasteiger partial charge < -0.3 is 14.0 Å². The number of carbonyl (C=O) groups is 1. The topological polar surface area (TPSA) is 97.4 Å². The Labute approximate surface area is 156 Å². The third-order valence-electron chi connectivity index (χ3n) is 4.46. The van der Waals surface area contributed by atoms with Crippen LogP contribution in [0, 0.1) is 0 Å². The van der Waals surface area contributed by atoms with Crippen molar-refractivity contribution in [3.63, 3.8) is 0 Å². The van der Waals surface area contributed by atoms with Gasteiger partial charge in [-0.2, -0.15) is 0 Å². The minimum Gasteiger partial charge on any atom is -0.466 e. The molecular weight excluding hydrogens is 352 g/mol. The molecule has 2 aromatic rings. The van der Waals surface area contributed by atoms with Crippen LogP contribution < -0.4 is 11.2 Å². The third-order valence-corrected chi connectivity index (χ3v) is 4.46. The SMILES string of the molecule is C=C(CO[C@H](C)CCCCn1c(=O)c2c(ncn2C)n(C)c1=O)C(=O)OC. The van der Waals surface area contributed by atoms with Gasteiger partial charge in [-0.15, -0.1) is 0 Å². The molecule has 2 heterocycles. The minimum absolute atomic E-state index is 0.0782. The Morgan fingerprint density at radius 1 is 1.30 bits per heavy atom. The summed E-state index contributed by atoms with van der Waals surface area (Å²) in [6, 6.07) is 0. The van der Waals surface area contributed by atoms with Crippen molar-refractivity contribution in [3.05, 3.63) is 39.3 Å². The minimum atomic E-state index is -0.483. The molecule has 0 aliphatic carbocycles. The van der Waals surface area contributed by atoms with Crippen molar-refractivity contribution in [2.75, 3.05) is 13.7 Å². The van der Waals surface area contributed by atoms with Crippen LogP contribution in [0.3, 0.4) is 0 Å². The molecule has 2 rings (SSSR count). The number of esters is 1. The molecule has 0 bridgehead atoms. The summed E-state index contributed by atoms with van der Waals surface area (Å²) in [5.74, 6) is -0.483. The molecule has 27 heavy (non-hydrogen) atoms. The van der Waals surface area contributed by atoms with Crippen molar-refractivity contribution in [2.45, 2.75) is 38.8 Å². The summed E-state index contributed by atoms with van der Waals surface area (Å²) < 4.78 is 14.4. The zero-order chi connectivity index (χ0) is 20.1. The number of rotatable bonds is 9. The van der Waals surface area contributed by atoms with Gasteiger partial charge in [-0.05, 0) is 26.2 Å². The van der Waals surface area contributed by atoms with E-state index in [1.54, 1.807) is 18.7 Å². The van der Waals surface area contributed by atoms with Gasteiger partial charge in [0.05, 0.1) is 31.7 Å². The van der Waals surface area contributed by atoms with Crippen molar-refractivity contribution in [1.29, 1.82) is 0 Å². The summed E-state index contributed by atoms with van der Waals surface area (Å²) in [6.45, 7) is 5.95. The number of hydrogen-bond acceptors (Lipinski definition) is 6. The molecule has 0 unspecified atom stereocenters. The van der Waals surface area contributed by atoms with E-state index in [2.05, 4.69) is 16.3 Å². The van der Waals surface area contributed by atoms with Crippen LogP contribution in [-0.4, -0.2) is 44.5 Å². The first-order chi connectivity index (χ1) is 12.8. The van der Waals surface area contributed by atoms with Crippen molar-refractivity contribution < 1.29 is 14.3 Å². The van der Waals surface area contributed by atoms with E-state index in [0.29, 0.717) is 24.1 Å². The molecule has 0 saturated carbocycles. The number of unbranched alkanes of at least 4 members (excludes halogenated alkanes) is 1. The maximum atomic E-state index is 12.6. The molecule has 1 atom stereocenters. The summed E-state index contributed by atoms with van der Waals surface area (Å²) in [4.78, 5) is 40.4. The molecule has 0 radical (unpaired) electrons. The fourth-order valence-corrected chi connectivity index (χ4v) is 2.82. The van der Waals surface area contributed by atoms with Gasteiger partial charge in [-0.25, -0.2) is 14.6 Å². The van der Waals surface area contributed by atoms with E-state index in [1.807, 2.05) is 6.92 Å². The second-order valence-corrected chi connectivity index (χ2v) is 6.54. The summed E-state index contributed by atoms with van der Waals surface area (Å²) in [7, 11) is 4.64. The first kappa shape index (κ1) is 20.6. The monoisotopic (exact) mass is 378 g/mol. The van der Waals surface area contributed by atoms with E-state index in [-0.39, 0.29) is 29.5 Å². The van der Waals surface area contributed by atoms with Gasteiger partial charge in [0.2, 0.25) is 0 Å². The van der Waals surface area contributed by atoms with E-state index in [9.17, 15) is 14.4 Å². The van der Waals surface area contributed by atoms with Crippen molar-refractivity contribution in [3.8, 4) is 0 Å². The fourth-order valence-electron chi connectivity index (χ4n) is 2.82. The number of methoxy groups -OCH3 is 1. The summed E-state index contributed by atoms with van der Waals surface area (Å²) in [6.07, 6.45) is 3.61. The van der Waals surface area contributed by atoms with Gasteiger partial charge in [0.1, 0.15) is 0 Å². The number of nitrogens with zero attached hydrogens (tertiary/aromatic N) is 4. The molecule has 9 heteroatoms. The van der Waals surface area contributed by atoms with Crippen LogP contribution in [-0.2, 0) is 34.9 Å². The van der Waals surface area contributed by atoms with E-state index >= 15 is 0 Å². The van der Waals surface area contributed by atoms with Crippen LogP contribution in [0.25, 0.3) is 11.2 Å². The van der Waals surface area contributed by atoms with Gasteiger partial charge >= 0.3 is 11.7 Å². The van der Waals surface area contributed by atoms with Crippen molar-refractivity contribution in [1.82, 2.24) is 18.7 Å². The smallest absolute Gasteiger partial charge is 0.335 e. The highest BCUT2D eigenvalue weighted by molar-refractivity contribution is 5.87. The number of imidazole rings is 1. The predicted molar refractivity (Wildman–Crippen MR) is 101 cm³/mol. The van der Waals surface area contributed by atoms with Crippen LogP contribution in [0.5, 0.6) is 0 Å². The Morgan fingerprint density at radius 2 is 2.00 bits per heavy atom. The zero-order valence-electron chi connectivity index (χ0n) is 16.2. The Bertz CT molecular complexity index is 953. The average molecular weight is 378 g/mol. The molecule has 0 saturated heterocycles. The first-order valence-corrected chi connectivity index (χ1v) is 8.76. The zero-order valence-corrected chi connectivity index (χ0v) is 16.2. The lowest BCUT2D eigenvalue weighted by atomic mass is 10.1. The van der Waals surface area contributed by atoms with Crippen LogP contribution in [0.15, 0.2) is 28.1 Å². The molecule has 0 N–H and O–H groups in total. The summed E-state index contributed by atoms with van der Waals surface area (Å²) >= 11 is 0. The largest absolute Gasteiger partial charge is 0.466 e. The lowest BCUT2D eigenvalue weighted by Gasteiger charge is -2.14. The van der Waals surface area contributed by atoms with E-state index in [1.165, 1.54) is 22.6 Å². The highest BCUT2D eigenvalue weighted by Crippen LogP contribution is 2.08. The molecule has 0 aliphatic heterocycles. The van der Waals surface area contributed by atoms with Crippen molar-refractivity contribution >= 4 is 17.1 Å². The number of ether oxygens (including phenoxy) is 2. The number of hydrogen-bond donors (Lipinski definition) is 0. The van der Waals surface area contributed by atoms with Crippen LogP contribution in [0.4, 0.5) is 0 Å². The van der Waals surface area contributed by atoms with Gasteiger partial charge in [-0.3, -0.25) is 13.9 Å². The Kier molecular flexibility index (Phi) is 6.73. The molecule has 2 aromatic heterocycles.